The molecule has 2 aliphatic rings. The summed E-state index contributed by atoms with van der Waals surface area (Å²) in [5, 5.41) is 0. The zero-order valence-electron chi connectivity index (χ0n) is 11.4. The SMILES string of the molecule is CC(N)C1CN(C(=O)c2ccc3c(c2)OCO3)CCO1. The van der Waals surface area contributed by atoms with Gasteiger partial charge in [-0.1, -0.05) is 0 Å². The molecular weight excluding hydrogens is 260 g/mol. The van der Waals surface area contributed by atoms with Gasteiger partial charge in [0.25, 0.3) is 5.91 Å². The normalized spacial score (nSPS) is 22.7. The molecule has 1 aromatic carbocycles. The molecule has 2 atom stereocenters. The highest BCUT2D eigenvalue weighted by atomic mass is 16.7. The summed E-state index contributed by atoms with van der Waals surface area (Å²) in [6, 6.07) is 5.15. The lowest BCUT2D eigenvalue weighted by Gasteiger charge is -2.34. The summed E-state index contributed by atoms with van der Waals surface area (Å²) in [5.41, 5.74) is 6.44. The number of benzene rings is 1. The van der Waals surface area contributed by atoms with Crippen LogP contribution in [0.1, 0.15) is 17.3 Å². The van der Waals surface area contributed by atoms with Crippen LogP contribution in [-0.2, 0) is 4.74 Å². The lowest BCUT2D eigenvalue weighted by Crippen LogP contribution is -2.51. The number of carbonyl (C=O) groups excluding carboxylic acids is 1. The Labute approximate surface area is 117 Å². The van der Waals surface area contributed by atoms with E-state index in [1.54, 1.807) is 23.1 Å². The molecule has 2 aliphatic heterocycles. The van der Waals surface area contributed by atoms with Crippen LogP contribution in [0.3, 0.4) is 0 Å². The largest absolute Gasteiger partial charge is 0.454 e. The first-order valence-corrected chi connectivity index (χ1v) is 6.71. The Morgan fingerprint density at radius 2 is 2.20 bits per heavy atom. The van der Waals surface area contributed by atoms with Crippen LogP contribution in [0.15, 0.2) is 18.2 Å². The van der Waals surface area contributed by atoms with Crippen LogP contribution in [0.5, 0.6) is 11.5 Å². The monoisotopic (exact) mass is 278 g/mol. The van der Waals surface area contributed by atoms with Crippen molar-refractivity contribution in [3.63, 3.8) is 0 Å². The Hall–Kier alpha value is -1.79. The van der Waals surface area contributed by atoms with Gasteiger partial charge in [-0.15, -0.1) is 0 Å². The second kappa shape index (κ2) is 5.30. The molecule has 6 nitrogen and oxygen atoms in total. The maximum atomic E-state index is 12.5. The minimum atomic E-state index is -0.110. The number of hydrogen-bond acceptors (Lipinski definition) is 5. The standard InChI is InChI=1S/C14H18N2O4/c1-9(15)13-7-16(4-5-18-13)14(17)10-2-3-11-12(6-10)20-8-19-11/h2-3,6,9,13H,4-5,7-8,15H2,1H3. The fourth-order valence-corrected chi connectivity index (χ4v) is 2.39. The van der Waals surface area contributed by atoms with E-state index in [0.717, 1.165) is 0 Å². The Balaban J connectivity index is 1.75. The van der Waals surface area contributed by atoms with Gasteiger partial charge in [-0.3, -0.25) is 4.79 Å². The molecule has 0 spiro atoms. The van der Waals surface area contributed by atoms with Crippen molar-refractivity contribution in [2.24, 2.45) is 5.73 Å². The molecule has 3 rings (SSSR count). The predicted octanol–water partition coefficient (Wildman–Crippen LogP) is 0.603. The van der Waals surface area contributed by atoms with Crippen molar-refractivity contribution < 1.29 is 19.0 Å². The molecule has 0 saturated carbocycles. The Kier molecular flexibility index (Phi) is 3.50. The molecule has 20 heavy (non-hydrogen) atoms. The van der Waals surface area contributed by atoms with Crippen LogP contribution in [0.25, 0.3) is 0 Å². The average molecular weight is 278 g/mol. The molecule has 2 heterocycles. The van der Waals surface area contributed by atoms with Gasteiger partial charge in [-0.25, -0.2) is 0 Å². The van der Waals surface area contributed by atoms with Gasteiger partial charge in [0.15, 0.2) is 11.5 Å². The van der Waals surface area contributed by atoms with E-state index in [4.69, 9.17) is 19.9 Å². The number of ether oxygens (including phenoxy) is 3. The minimum absolute atomic E-state index is 0.0303. The summed E-state index contributed by atoms with van der Waals surface area (Å²) in [7, 11) is 0. The van der Waals surface area contributed by atoms with E-state index in [9.17, 15) is 4.79 Å². The van der Waals surface area contributed by atoms with E-state index in [2.05, 4.69) is 0 Å². The molecular formula is C14H18N2O4. The van der Waals surface area contributed by atoms with Crippen molar-refractivity contribution in [3.8, 4) is 11.5 Å². The average Bonchev–Trinajstić information content (AvgIpc) is 2.94. The van der Waals surface area contributed by atoms with Crippen molar-refractivity contribution in [1.29, 1.82) is 0 Å². The molecule has 1 aromatic rings. The minimum Gasteiger partial charge on any atom is -0.454 e. The second-order valence-electron chi connectivity index (χ2n) is 5.09. The molecule has 0 aliphatic carbocycles. The van der Waals surface area contributed by atoms with Crippen LogP contribution in [-0.4, -0.2) is 49.4 Å². The van der Waals surface area contributed by atoms with Gasteiger partial charge in [-0.05, 0) is 25.1 Å². The van der Waals surface area contributed by atoms with Crippen molar-refractivity contribution in [3.05, 3.63) is 23.8 Å². The van der Waals surface area contributed by atoms with Gasteiger partial charge < -0.3 is 24.8 Å². The van der Waals surface area contributed by atoms with Crippen LogP contribution >= 0.6 is 0 Å². The number of nitrogens with two attached hydrogens (primary N) is 1. The third kappa shape index (κ3) is 2.44. The quantitative estimate of drug-likeness (QED) is 0.857. The zero-order valence-corrected chi connectivity index (χ0v) is 11.4. The highest BCUT2D eigenvalue weighted by molar-refractivity contribution is 5.95. The van der Waals surface area contributed by atoms with E-state index >= 15 is 0 Å². The third-order valence-electron chi connectivity index (χ3n) is 3.59. The Morgan fingerprint density at radius 1 is 1.40 bits per heavy atom. The number of amides is 1. The number of hydrogen-bond donors (Lipinski definition) is 1. The van der Waals surface area contributed by atoms with Gasteiger partial charge in [0.2, 0.25) is 6.79 Å². The lowest BCUT2D eigenvalue weighted by atomic mass is 10.1. The molecule has 0 bridgehead atoms. The highest BCUT2D eigenvalue weighted by Gasteiger charge is 2.28. The highest BCUT2D eigenvalue weighted by Crippen LogP contribution is 2.32. The molecule has 0 aromatic heterocycles. The number of carbonyl (C=O) groups is 1. The number of rotatable bonds is 2. The fourth-order valence-electron chi connectivity index (χ4n) is 2.39. The molecule has 2 N–H and O–H groups in total. The summed E-state index contributed by atoms with van der Waals surface area (Å²) < 4.78 is 16.1. The van der Waals surface area contributed by atoms with Crippen molar-refractivity contribution >= 4 is 5.91 Å². The van der Waals surface area contributed by atoms with E-state index in [-0.39, 0.29) is 24.8 Å². The third-order valence-corrected chi connectivity index (χ3v) is 3.59. The second-order valence-corrected chi connectivity index (χ2v) is 5.09. The van der Waals surface area contributed by atoms with Crippen LogP contribution in [0, 0.1) is 0 Å². The van der Waals surface area contributed by atoms with E-state index in [1.165, 1.54) is 0 Å². The first-order chi connectivity index (χ1) is 9.65. The van der Waals surface area contributed by atoms with Gasteiger partial charge in [0.05, 0.1) is 12.7 Å². The summed E-state index contributed by atoms with van der Waals surface area (Å²) >= 11 is 0. The number of fused-ring (bicyclic) bond motifs is 1. The summed E-state index contributed by atoms with van der Waals surface area (Å²) in [5.74, 6) is 1.27. The molecule has 1 saturated heterocycles. The van der Waals surface area contributed by atoms with Gasteiger partial charge in [0, 0.05) is 24.7 Å². The molecule has 108 valence electrons. The summed E-state index contributed by atoms with van der Waals surface area (Å²) in [6.45, 7) is 3.71. The smallest absolute Gasteiger partial charge is 0.254 e. The lowest BCUT2D eigenvalue weighted by molar-refractivity contribution is -0.0300. The number of nitrogens with zero attached hydrogens (tertiary/aromatic N) is 1. The zero-order chi connectivity index (χ0) is 14.1. The molecule has 1 fully saturated rings. The maximum absolute atomic E-state index is 12.5. The first-order valence-electron chi connectivity index (χ1n) is 6.71. The Bertz CT molecular complexity index is 518. The van der Waals surface area contributed by atoms with Gasteiger partial charge in [-0.2, -0.15) is 0 Å². The molecule has 2 unspecified atom stereocenters. The summed E-state index contributed by atoms with van der Waals surface area (Å²) in [6.07, 6.45) is -0.110. The van der Waals surface area contributed by atoms with Crippen molar-refractivity contribution in [1.82, 2.24) is 4.90 Å². The van der Waals surface area contributed by atoms with Gasteiger partial charge >= 0.3 is 0 Å². The molecule has 6 heteroatoms. The van der Waals surface area contributed by atoms with Crippen LogP contribution < -0.4 is 15.2 Å². The number of morpholine rings is 1. The molecule has 1 amide bonds. The van der Waals surface area contributed by atoms with E-state index < -0.39 is 0 Å². The van der Waals surface area contributed by atoms with Crippen LogP contribution in [0.2, 0.25) is 0 Å². The maximum Gasteiger partial charge on any atom is 0.254 e. The topological polar surface area (TPSA) is 74.0 Å². The van der Waals surface area contributed by atoms with Crippen molar-refractivity contribution in [2.75, 3.05) is 26.5 Å². The predicted molar refractivity (Wildman–Crippen MR) is 71.9 cm³/mol. The van der Waals surface area contributed by atoms with Crippen LogP contribution in [0.4, 0.5) is 0 Å². The van der Waals surface area contributed by atoms with Gasteiger partial charge in [0.1, 0.15) is 0 Å². The van der Waals surface area contributed by atoms with E-state index in [0.29, 0.717) is 36.8 Å². The van der Waals surface area contributed by atoms with E-state index in [1.807, 2.05) is 6.92 Å². The Morgan fingerprint density at radius 3 is 3.00 bits per heavy atom. The fraction of sp³-hybridized carbons (Fsp3) is 0.500. The van der Waals surface area contributed by atoms with Crippen molar-refractivity contribution in [2.45, 2.75) is 19.1 Å². The first kappa shape index (κ1) is 13.2. The summed E-state index contributed by atoms with van der Waals surface area (Å²) in [4.78, 5) is 14.3. The molecule has 0 radical (unpaired) electrons.